The molecule has 0 spiro atoms. The summed E-state index contributed by atoms with van der Waals surface area (Å²) in [5.74, 6) is 0.308. The standard InChI is InChI=1S/C29H22N2O/c1-4-12-22(13-5-1)21-30-29(24-16-8-3-9-17-24)25(23-14-6-2-7-15-23)20-28-31-26-18-10-11-19-27(26)32-28/h1-19,21,25,29H. The number of hydrogen-bond donors (Lipinski definition) is 0. The summed E-state index contributed by atoms with van der Waals surface area (Å²) in [5, 5.41) is 0. The SMILES string of the molecule is [C](c1nc2ccccc2o1)C(c1ccccc1)C(N=Cc1ccccc1)c1ccccc1. The lowest BCUT2D eigenvalue weighted by molar-refractivity contribution is 0.529. The van der Waals surface area contributed by atoms with Gasteiger partial charge in [-0.05, 0) is 28.8 Å². The minimum absolute atomic E-state index is 0.174. The summed E-state index contributed by atoms with van der Waals surface area (Å²) in [7, 11) is 0. The largest absolute Gasteiger partial charge is 0.440 e. The van der Waals surface area contributed by atoms with Gasteiger partial charge in [0.05, 0.1) is 12.5 Å². The maximum absolute atomic E-state index is 5.99. The number of rotatable bonds is 7. The third-order valence-corrected chi connectivity index (χ3v) is 5.37. The molecule has 2 unspecified atom stereocenters. The molecule has 32 heavy (non-hydrogen) atoms. The minimum Gasteiger partial charge on any atom is -0.440 e. The number of para-hydroxylation sites is 2. The van der Waals surface area contributed by atoms with Crippen LogP contribution in [-0.4, -0.2) is 11.2 Å². The van der Waals surface area contributed by atoms with E-state index in [4.69, 9.17) is 9.41 Å². The van der Waals surface area contributed by atoms with Crippen LogP contribution in [0.3, 0.4) is 0 Å². The molecule has 1 heterocycles. The maximum atomic E-state index is 5.99. The predicted molar refractivity (Wildman–Crippen MR) is 129 cm³/mol. The molecule has 154 valence electrons. The van der Waals surface area contributed by atoms with E-state index < -0.39 is 0 Å². The van der Waals surface area contributed by atoms with Crippen molar-refractivity contribution in [1.29, 1.82) is 0 Å². The lowest BCUT2D eigenvalue weighted by Gasteiger charge is -2.23. The highest BCUT2D eigenvalue weighted by molar-refractivity contribution is 5.79. The van der Waals surface area contributed by atoms with E-state index in [2.05, 4.69) is 47.8 Å². The van der Waals surface area contributed by atoms with Crippen molar-refractivity contribution in [2.45, 2.75) is 12.0 Å². The topological polar surface area (TPSA) is 38.4 Å². The van der Waals surface area contributed by atoms with Gasteiger partial charge in [-0.2, -0.15) is 0 Å². The van der Waals surface area contributed by atoms with Crippen molar-refractivity contribution in [1.82, 2.24) is 4.98 Å². The second kappa shape index (κ2) is 9.44. The summed E-state index contributed by atoms with van der Waals surface area (Å²) in [5.41, 5.74) is 4.85. The average molecular weight is 415 g/mol. The van der Waals surface area contributed by atoms with E-state index in [1.807, 2.05) is 85.1 Å². The Morgan fingerprint density at radius 1 is 0.688 bits per heavy atom. The van der Waals surface area contributed by atoms with Crippen molar-refractivity contribution >= 4 is 17.3 Å². The predicted octanol–water partition coefficient (Wildman–Crippen LogP) is 6.90. The van der Waals surface area contributed by atoms with Crippen LogP contribution in [0.15, 0.2) is 125 Å². The Bertz CT molecular complexity index is 1260. The van der Waals surface area contributed by atoms with E-state index in [1.54, 1.807) is 0 Å². The van der Waals surface area contributed by atoms with Gasteiger partial charge in [-0.1, -0.05) is 103 Å². The van der Waals surface area contributed by atoms with Gasteiger partial charge >= 0.3 is 0 Å². The van der Waals surface area contributed by atoms with Crippen LogP contribution < -0.4 is 0 Å². The fourth-order valence-electron chi connectivity index (χ4n) is 3.79. The van der Waals surface area contributed by atoms with Crippen molar-refractivity contribution in [3.05, 3.63) is 144 Å². The lowest BCUT2D eigenvalue weighted by atomic mass is 9.85. The molecule has 0 saturated heterocycles. The summed E-state index contributed by atoms with van der Waals surface area (Å²) < 4.78 is 5.99. The Hall–Kier alpha value is -3.98. The van der Waals surface area contributed by atoms with Crippen molar-refractivity contribution in [3.63, 3.8) is 0 Å². The van der Waals surface area contributed by atoms with Crippen LogP contribution >= 0.6 is 0 Å². The van der Waals surface area contributed by atoms with E-state index in [1.165, 1.54) is 0 Å². The lowest BCUT2D eigenvalue weighted by Crippen LogP contribution is -2.12. The van der Waals surface area contributed by atoms with E-state index >= 15 is 0 Å². The maximum Gasteiger partial charge on any atom is 0.204 e. The molecule has 5 rings (SSSR count). The van der Waals surface area contributed by atoms with E-state index in [-0.39, 0.29) is 12.0 Å². The Labute approximate surface area is 188 Å². The van der Waals surface area contributed by atoms with Gasteiger partial charge in [-0.15, -0.1) is 0 Å². The van der Waals surface area contributed by atoms with Gasteiger partial charge < -0.3 is 4.42 Å². The van der Waals surface area contributed by atoms with Crippen molar-refractivity contribution in [2.75, 3.05) is 0 Å². The van der Waals surface area contributed by atoms with Crippen molar-refractivity contribution in [2.24, 2.45) is 4.99 Å². The van der Waals surface area contributed by atoms with E-state index in [0.717, 1.165) is 27.8 Å². The molecule has 3 nitrogen and oxygen atoms in total. The summed E-state index contributed by atoms with van der Waals surface area (Å²) in [6, 6.07) is 38.4. The molecule has 5 aromatic rings. The number of fused-ring (bicyclic) bond motifs is 1. The molecule has 3 heteroatoms. The zero-order valence-electron chi connectivity index (χ0n) is 17.5. The molecule has 0 saturated carbocycles. The molecule has 1 aromatic heterocycles. The normalized spacial score (nSPS) is 13.4. The summed E-state index contributed by atoms with van der Waals surface area (Å²) >= 11 is 0. The number of nitrogens with zero attached hydrogens (tertiary/aromatic N) is 2. The van der Waals surface area contributed by atoms with Crippen LogP contribution in [-0.2, 0) is 0 Å². The van der Waals surface area contributed by atoms with Gasteiger partial charge in [0.2, 0.25) is 5.89 Å². The Balaban J connectivity index is 1.57. The first kappa shape index (κ1) is 20.0. The number of aromatic nitrogens is 1. The van der Waals surface area contributed by atoms with Crippen LogP contribution in [0, 0.1) is 6.42 Å². The molecule has 0 aliphatic heterocycles. The van der Waals surface area contributed by atoms with Gasteiger partial charge in [0.15, 0.2) is 5.58 Å². The monoisotopic (exact) mass is 414 g/mol. The molecule has 0 amide bonds. The van der Waals surface area contributed by atoms with Gasteiger partial charge in [-0.3, -0.25) is 4.99 Å². The molecule has 2 radical (unpaired) electrons. The summed E-state index contributed by atoms with van der Waals surface area (Å²) in [4.78, 5) is 9.68. The van der Waals surface area contributed by atoms with Gasteiger partial charge in [-0.25, -0.2) is 4.98 Å². The van der Waals surface area contributed by atoms with Crippen molar-refractivity contribution < 1.29 is 4.42 Å². The van der Waals surface area contributed by atoms with Gasteiger partial charge in [0.1, 0.15) is 5.52 Å². The van der Waals surface area contributed by atoms with Gasteiger partial charge in [0, 0.05) is 12.1 Å². The third-order valence-electron chi connectivity index (χ3n) is 5.37. The Kier molecular flexibility index (Phi) is 5.89. The first-order chi connectivity index (χ1) is 15.9. The highest BCUT2D eigenvalue weighted by atomic mass is 16.3. The van der Waals surface area contributed by atoms with Crippen LogP contribution in [0.25, 0.3) is 11.1 Å². The molecule has 0 N–H and O–H groups in total. The number of aliphatic imine (C=N–C) groups is 1. The number of benzene rings is 4. The van der Waals surface area contributed by atoms with E-state index in [9.17, 15) is 0 Å². The first-order valence-electron chi connectivity index (χ1n) is 10.7. The highest BCUT2D eigenvalue weighted by Gasteiger charge is 2.27. The molecular weight excluding hydrogens is 392 g/mol. The quantitative estimate of drug-likeness (QED) is 0.272. The summed E-state index contributed by atoms with van der Waals surface area (Å²) in [6.07, 6.45) is 5.46. The highest BCUT2D eigenvalue weighted by Crippen LogP contribution is 2.38. The number of oxazole rings is 1. The Morgan fingerprint density at radius 2 is 1.28 bits per heavy atom. The molecule has 0 aliphatic rings. The van der Waals surface area contributed by atoms with Gasteiger partial charge in [0.25, 0.3) is 0 Å². The second-order valence-corrected chi connectivity index (χ2v) is 7.56. The van der Waals surface area contributed by atoms with Crippen LogP contribution in [0.1, 0.15) is 34.5 Å². The molecule has 0 aliphatic carbocycles. The molecular formula is C29H22N2O. The fourth-order valence-corrected chi connectivity index (χ4v) is 3.79. The minimum atomic E-state index is -0.186. The van der Waals surface area contributed by atoms with Crippen LogP contribution in [0.2, 0.25) is 0 Å². The molecule has 2 atom stereocenters. The van der Waals surface area contributed by atoms with Crippen LogP contribution in [0.5, 0.6) is 0 Å². The third kappa shape index (κ3) is 4.52. The Morgan fingerprint density at radius 3 is 1.97 bits per heavy atom. The smallest absolute Gasteiger partial charge is 0.204 e. The van der Waals surface area contributed by atoms with Crippen LogP contribution in [0.4, 0.5) is 0 Å². The molecule has 0 bridgehead atoms. The molecule has 0 fully saturated rings. The fraction of sp³-hybridized carbons (Fsp3) is 0.0690. The second-order valence-electron chi connectivity index (χ2n) is 7.56. The van der Waals surface area contributed by atoms with Crippen molar-refractivity contribution in [3.8, 4) is 0 Å². The number of hydrogen-bond acceptors (Lipinski definition) is 3. The zero-order chi connectivity index (χ0) is 21.6. The van der Waals surface area contributed by atoms with E-state index in [0.29, 0.717) is 5.89 Å². The summed E-state index contributed by atoms with van der Waals surface area (Å²) in [6.45, 7) is 0. The average Bonchev–Trinajstić information content (AvgIpc) is 3.28. The zero-order valence-corrected chi connectivity index (χ0v) is 17.5. The first-order valence-corrected chi connectivity index (χ1v) is 10.7. The molecule has 4 aromatic carbocycles.